The summed E-state index contributed by atoms with van der Waals surface area (Å²) >= 11 is 0. The fraction of sp³-hybridized carbons (Fsp3) is 0.211. The summed E-state index contributed by atoms with van der Waals surface area (Å²) in [6, 6.07) is 20.1. The highest BCUT2D eigenvalue weighted by molar-refractivity contribution is 5.79. The van der Waals surface area contributed by atoms with E-state index in [2.05, 4.69) is 0 Å². The lowest BCUT2D eigenvalue weighted by Crippen LogP contribution is -2.09. The van der Waals surface area contributed by atoms with Crippen molar-refractivity contribution in [2.75, 3.05) is 13.2 Å². The summed E-state index contributed by atoms with van der Waals surface area (Å²) in [7, 11) is 0. The van der Waals surface area contributed by atoms with E-state index >= 15 is 0 Å². The van der Waals surface area contributed by atoms with E-state index in [1.54, 1.807) is 0 Å². The third-order valence-corrected chi connectivity index (χ3v) is 3.12. The van der Waals surface area contributed by atoms with E-state index in [-0.39, 0.29) is 12.4 Å². The maximum Gasteiger partial charge on any atom is 0.158 e. The van der Waals surface area contributed by atoms with Crippen molar-refractivity contribution in [1.29, 1.82) is 0 Å². The average Bonchev–Trinajstić information content (AvgIpc) is 2.54. The van der Waals surface area contributed by atoms with E-state index in [1.807, 2.05) is 72.8 Å². The molecular formula is C19H20O2. The topological polar surface area (TPSA) is 26.3 Å². The zero-order valence-corrected chi connectivity index (χ0v) is 12.1. The normalized spacial score (nSPS) is 10.9. The van der Waals surface area contributed by atoms with Crippen LogP contribution < -0.4 is 0 Å². The zero-order valence-electron chi connectivity index (χ0n) is 12.1. The van der Waals surface area contributed by atoms with E-state index in [1.165, 1.54) is 5.56 Å². The number of benzene rings is 2. The van der Waals surface area contributed by atoms with Crippen LogP contribution in [-0.2, 0) is 16.0 Å². The Bertz CT molecular complexity index is 559. The minimum atomic E-state index is 0.145. The minimum absolute atomic E-state index is 0.145. The molecule has 0 heterocycles. The van der Waals surface area contributed by atoms with Crippen LogP contribution in [0, 0.1) is 0 Å². The van der Waals surface area contributed by atoms with Gasteiger partial charge < -0.3 is 4.74 Å². The van der Waals surface area contributed by atoms with Crippen molar-refractivity contribution < 1.29 is 9.53 Å². The summed E-state index contributed by atoms with van der Waals surface area (Å²) in [5.41, 5.74) is 2.33. The number of Topliss-reactive ketones (excluding diaryl/α,β-unsaturated/α-hetero) is 1. The van der Waals surface area contributed by atoms with Gasteiger partial charge in [-0.05, 0) is 17.5 Å². The van der Waals surface area contributed by atoms with Crippen LogP contribution in [-0.4, -0.2) is 19.0 Å². The van der Waals surface area contributed by atoms with E-state index in [9.17, 15) is 4.79 Å². The number of aryl methyl sites for hydroxylation is 1. The van der Waals surface area contributed by atoms with Gasteiger partial charge in [-0.2, -0.15) is 0 Å². The van der Waals surface area contributed by atoms with Gasteiger partial charge in [-0.25, -0.2) is 0 Å². The molecule has 0 radical (unpaired) electrons. The number of hydrogen-bond donors (Lipinski definition) is 0. The Kier molecular flexibility index (Phi) is 6.43. The van der Waals surface area contributed by atoms with E-state index in [0.29, 0.717) is 13.0 Å². The highest BCUT2D eigenvalue weighted by atomic mass is 16.5. The van der Waals surface area contributed by atoms with Gasteiger partial charge in [0.25, 0.3) is 0 Å². The van der Waals surface area contributed by atoms with Gasteiger partial charge in [-0.1, -0.05) is 72.8 Å². The number of rotatable bonds is 8. The molecule has 0 aliphatic carbocycles. The van der Waals surface area contributed by atoms with Crippen LogP contribution in [0.25, 0.3) is 6.08 Å². The van der Waals surface area contributed by atoms with Crippen molar-refractivity contribution in [1.82, 2.24) is 0 Å². The maximum atomic E-state index is 11.7. The van der Waals surface area contributed by atoms with Crippen molar-refractivity contribution in [3.63, 3.8) is 0 Å². The van der Waals surface area contributed by atoms with E-state index in [4.69, 9.17) is 4.74 Å². The number of carbonyl (C=O) groups excluding carboxylic acids is 1. The van der Waals surface area contributed by atoms with Gasteiger partial charge in [0.2, 0.25) is 0 Å². The number of hydrogen-bond acceptors (Lipinski definition) is 2. The van der Waals surface area contributed by atoms with Crippen LogP contribution in [0.15, 0.2) is 66.7 Å². The highest BCUT2D eigenvalue weighted by Gasteiger charge is 2.02. The van der Waals surface area contributed by atoms with Gasteiger partial charge in [0.1, 0.15) is 6.61 Å². The van der Waals surface area contributed by atoms with Crippen LogP contribution >= 0.6 is 0 Å². The monoisotopic (exact) mass is 280 g/mol. The quantitative estimate of drug-likeness (QED) is 0.685. The lowest BCUT2D eigenvalue weighted by molar-refractivity contribution is -0.123. The summed E-state index contributed by atoms with van der Waals surface area (Å²) in [5, 5.41) is 0. The molecule has 0 saturated carbocycles. The van der Waals surface area contributed by atoms with E-state index in [0.717, 1.165) is 12.0 Å². The highest BCUT2D eigenvalue weighted by Crippen LogP contribution is 2.03. The Morgan fingerprint density at radius 1 is 0.952 bits per heavy atom. The fourth-order valence-electron chi connectivity index (χ4n) is 1.99. The Hall–Kier alpha value is -2.19. The van der Waals surface area contributed by atoms with Crippen LogP contribution in [0.4, 0.5) is 0 Å². The summed E-state index contributed by atoms with van der Waals surface area (Å²) < 4.78 is 5.37. The standard InChI is InChI=1S/C19H20O2/c20-19(14-13-18-10-5-2-6-11-18)16-21-15-7-12-17-8-3-1-4-9-17/h1-12H,13-16H2/b12-7+. The molecule has 0 N–H and O–H groups in total. The molecule has 2 aromatic rings. The van der Waals surface area contributed by atoms with Crippen molar-refractivity contribution >= 4 is 11.9 Å². The third kappa shape index (κ3) is 6.19. The Balaban J connectivity index is 1.60. The van der Waals surface area contributed by atoms with E-state index < -0.39 is 0 Å². The molecule has 0 bridgehead atoms. The van der Waals surface area contributed by atoms with Crippen LogP contribution in [0.3, 0.4) is 0 Å². The first-order chi connectivity index (χ1) is 10.3. The summed E-state index contributed by atoms with van der Waals surface area (Å²) in [6.07, 6.45) is 5.24. The second-order valence-electron chi connectivity index (χ2n) is 4.85. The molecule has 108 valence electrons. The first kappa shape index (κ1) is 15.2. The predicted octanol–water partition coefficient (Wildman–Crippen LogP) is 3.92. The molecule has 21 heavy (non-hydrogen) atoms. The van der Waals surface area contributed by atoms with Gasteiger partial charge in [0.15, 0.2) is 5.78 Å². The molecule has 0 saturated heterocycles. The second-order valence-corrected chi connectivity index (χ2v) is 4.85. The van der Waals surface area contributed by atoms with Crippen LogP contribution in [0.1, 0.15) is 17.5 Å². The molecule has 0 amide bonds. The number of ether oxygens (including phenoxy) is 1. The molecule has 0 aliphatic rings. The van der Waals surface area contributed by atoms with Crippen LogP contribution in [0.2, 0.25) is 0 Å². The molecular weight excluding hydrogens is 260 g/mol. The fourth-order valence-corrected chi connectivity index (χ4v) is 1.99. The summed E-state index contributed by atoms with van der Waals surface area (Å²) in [6.45, 7) is 0.651. The molecule has 2 heteroatoms. The summed E-state index contributed by atoms with van der Waals surface area (Å²) in [5.74, 6) is 0.145. The van der Waals surface area contributed by atoms with Crippen molar-refractivity contribution in [3.05, 3.63) is 77.9 Å². The number of ketones is 1. The Morgan fingerprint density at radius 2 is 1.62 bits per heavy atom. The molecule has 0 aromatic heterocycles. The SMILES string of the molecule is O=C(CCc1ccccc1)COC/C=C/c1ccccc1. The smallest absolute Gasteiger partial charge is 0.158 e. The van der Waals surface area contributed by atoms with Gasteiger partial charge in [-0.15, -0.1) is 0 Å². The van der Waals surface area contributed by atoms with Crippen molar-refractivity contribution in [3.8, 4) is 0 Å². The van der Waals surface area contributed by atoms with Crippen molar-refractivity contribution in [2.45, 2.75) is 12.8 Å². The Morgan fingerprint density at radius 3 is 2.33 bits per heavy atom. The molecule has 2 nitrogen and oxygen atoms in total. The second kappa shape index (κ2) is 8.88. The first-order valence-corrected chi connectivity index (χ1v) is 7.19. The number of carbonyl (C=O) groups is 1. The molecule has 0 unspecified atom stereocenters. The molecule has 0 aliphatic heterocycles. The zero-order chi connectivity index (χ0) is 14.8. The average molecular weight is 280 g/mol. The molecule has 0 atom stereocenters. The minimum Gasteiger partial charge on any atom is -0.370 e. The predicted molar refractivity (Wildman–Crippen MR) is 86.1 cm³/mol. The maximum absolute atomic E-state index is 11.7. The molecule has 0 fully saturated rings. The van der Waals surface area contributed by atoms with Gasteiger partial charge in [-0.3, -0.25) is 4.79 Å². The van der Waals surface area contributed by atoms with Gasteiger partial charge in [0, 0.05) is 6.42 Å². The lowest BCUT2D eigenvalue weighted by atomic mass is 10.1. The van der Waals surface area contributed by atoms with Crippen LogP contribution in [0.5, 0.6) is 0 Å². The lowest BCUT2D eigenvalue weighted by Gasteiger charge is -2.02. The largest absolute Gasteiger partial charge is 0.370 e. The third-order valence-electron chi connectivity index (χ3n) is 3.12. The van der Waals surface area contributed by atoms with Gasteiger partial charge in [0.05, 0.1) is 6.61 Å². The Labute approximate surface area is 126 Å². The molecule has 2 rings (SSSR count). The molecule has 2 aromatic carbocycles. The summed E-state index contributed by atoms with van der Waals surface area (Å²) in [4.78, 5) is 11.7. The van der Waals surface area contributed by atoms with Crippen molar-refractivity contribution in [2.24, 2.45) is 0 Å². The van der Waals surface area contributed by atoms with Gasteiger partial charge >= 0.3 is 0 Å². The first-order valence-electron chi connectivity index (χ1n) is 7.19. The molecule has 0 spiro atoms.